The third kappa shape index (κ3) is 3.18. The maximum atomic E-state index is 12.7. The molecule has 1 saturated carbocycles. The monoisotopic (exact) mass is 316 g/mol. The number of benzene rings is 1. The Hall–Kier alpha value is -1.63. The van der Waals surface area contributed by atoms with Crippen molar-refractivity contribution in [1.29, 1.82) is 0 Å². The predicted molar refractivity (Wildman–Crippen MR) is 77.8 cm³/mol. The first-order valence-corrected chi connectivity index (χ1v) is 6.95. The molecule has 3 N–H and O–H groups in total. The number of anilines is 1. The number of hydrogen-bond acceptors (Lipinski definition) is 2. The van der Waals surface area contributed by atoms with Gasteiger partial charge in [0, 0.05) is 5.69 Å². The van der Waals surface area contributed by atoms with E-state index in [0.29, 0.717) is 12.8 Å². The van der Waals surface area contributed by atoms with Crippen molar-refractivity contribution >= 4 is 28.8 Å². The average Bonchev–Trinajstić information content (AvgIpc) is 2.88. The fraction of sp³-hybridized carbons (Fsp3) is 0.429. The molecule has 0 unspecified atom stereocenters. The van der Waals surface area contributed by atoms with Crippen molar-refractivity contribution < 1.29 is 18.0 Å². The third-order valence-corrected chi connectivity index (χ3v) is 4.20. The predicted octanol–water partition coefficient (Wildman–Crippen LogP) is 3.49. The van der Waals surface area contributed by atoms with E-state index in [0.717, 1.165) is 25.0 Å². The van der Waals surface area contributed by atoms with Gasteiger partial charge in [-0.1, -0.05) is 31.1 Å². The minimum atomic E-state index is -4.45. The number of rotatable bonds is 3. The number of hydrogen-bond donors (Lipinski definition) is 2. The van der Waals surface area contributed by atoms with Crippen LogP contribution in [0.4, 0.5) is 18.9 Å². The van der Waals surface area contributed by atoms with Crippen LogP contribution in [0.25, 0.3) is 0 Å². The van der Waals surface area contributed by atoms with Gasteiger partial charge in [-0.15, -0.1) is 0 Å². The van der Waals surface area contributed by atoms with Crippen LogP contribution in [0.5, 0.6) is 0 Å². The summed E-state index contributed by atoms with van der Waals surface area (Å²) >= 11 is 4.98. The van der Waals surface area contributed by atoms with E-state index >= 15 is 0 Å². The van der Waals surface area contributed by atoms with Crippen LogP contribution in [0.1, 0.15) is 31.2 Å². The Labute approximate surface area is 125 Å². The first-order chi connectivity index (χ1) is 9.75. The van der Waals surface area contributed by atoms with E-state index in [-0.39, 0.29) is 10.7 Å². The molecule has 7 heteroatoms. The highest BCUT2D eigenvalue weighted by Crippen LogP contribution is 2.40. The maximum absolute atomic E-state index is 12.7. The van der Waals surface area contributed by atoms with Gasteiger partial charge in [-0.2, -0.15) is 13.2 Å². The summed E-state index contributed by atoms with van der Waals surface area (Å²) in [6, 6.07) is 4.52. The Balaban J connectivity index is 2.22. The first-order valence-electron chi connectivity index (χ1n) is 6.54. The molecular formula is C14H15F3N2OS. The lowest BCUT2D eigenvalue weighted by atomic mass is 9.85. The number of carbonyl (C=O) groups excluding carboxylic acids is 1. The van der Waals surface area contributed by atoms with Crippen molar-refractivity contribution in [3.63, 3.8) is 0 Å². The molecule has 114 valence electrons. The molecule has 1 amide bonds. The SMILES string of the molecule is NC(=S)C1(C(=O)Nc2cccc(C(F)(F)F)c2)CCCC1. The molecule has 0 aliphatic heterocycles. The molecular weight excluding hydrogens is 301 g/mol. The second kappa shape index (κ2) is 5.63. The van der Waals surface area contributed by atoms with Crippen LogP contribution in [0, 0.1) is 5.41 Å². The maximum Gasteiger partial charge on any atom is 0.416 e. The van der Waals surface area contributed by atoms with Crippen molar-refractivity contribution in [3.8, 4) is 0 Å². The summed E-state index contributed by atoms with van der Waals surface area (Å²) in [5, 5.41) is 2.51. The Kier molecular flexibility index (Phi) is 4.22. The van der Waals surface area contributed by atoms with Crippen molar-refractivity contribution in [2.24, 2.45) is 11.1 Å². The van der Waals surface area contributed by atoms with E-state index in [1.54, 1.807) is 0 Å². The largest absolute Gasteiger partial charge is 0.416 e. The van der Waals surface area contributed by atoms with Crippen LogP contribution < -0.4 is 11.1 Å². The minimum Gasteiger partial charge on any atom is -0.392 e. The lowest BCUT2D eigenvalue weighted by Crippen LogP contribution is -2.43. The standard InChI is InChI=1S/C14H15F3N2OS/c15-14(16,17)9-4-3-5-10(8-9)19-12(20)13(11(18)21)6-1-2-7-13/h3-5,8H,1-2,6-7H2,(H2,18,21)(H,19,20). The van der Waals surface area contributed by atoms with E-state index < -0.39 is 23.1 Å². The van der Waals surface area contributed by atoms with E-state index in [9.17, 15) is 18.0 Å². The Morgan fingerprint density at radius 3 is 2.43 bits per heavy atom. The first kappa shape index (κ1) is 15.8. The summed E-state index contributed by atoms with van der Waals surface area (Å²) in [7, 11) is 0. The molecule has 1 aliphatic carbocycles. The molecule has 0 heterocycles. The number of amides is 1. The molecule has 0 spiro atoms. The van der Waals surface area contributed by atoms with Gasteiger partial charge >= 0.3 is 6.18 Å². The zero-order valence-corrected chi connectivity index (χ0v) is 12.0. The highest BCUT2D eigenvalue weighted by molar-refractivity contribution is 7.80. The lowest BCUT2D eigenvalue weighted by Gasteiger charge is -2.26. The Bertz CT molecular complexity index is 566. The quantitative estimate of drug-likeness (QED) is 0.839. The summed E-state index contributed by atoms with van der Waals surface area (Å²) < 4.78 is 38.0. The summed E-state index contributed by atoms with van der Waals surface area (Å²) in [6.07, 6.45) is -1.73. The highest BCUT2D eigenvalue weighted by atomic mass is 32.1. The molecule has 1 aromatic carbocycles. The lowest BCUT2D eigenvalue weighted by molar-refractivity contribution is -0.137. The third-order valence-electron chi connectivity index (χ3n) is 3.81. The zero-order valence-electron chi connectivity index (χ0n) is 11.2. The molecule has 1 aliphatic rings. The van der Waals surface area contributed by atoms with Crippen LogP contribution in [-0.2, 0) is 11.0 Å². The van der Waals surface area contributed by atoms with Crippen molar-refractivity contribution in [2.45, 2.75) is 31.9 Å². The van der Waals surface area contributed by atoms with E-state index in [2.05, 4.69) is 5.32 Å². The molecule has 0 saturated heterocycles. The molecule has 3 nitrogen and oxygen atoms in total. The molecule has 2 rings (SSSR count). The molecule has 0 aromatic heterocycles. The van der Waals surface area contributed by atoms with Crippen LogP contribution >= 0.6 is 12.2 Å². The fourth-order valence-corrected chi connectivity index (χ4v) is 2.88. The normalized spacial score (nSPS) is 17.5. The molecule has 0 atom stereocenters. The molecule has 0 bridgehead atoms. The van der Waals surface area contributed by atoms with E-state index in [1.807, 2.05) is 0 Å². The minimum absolute atomic E-state index is 0.0948. The van der Waals surface area contributed by atoms with Gasteiger partial charge in [0.1, 0.15) is 0 Å². The molecule has 21 heavy (non-hydrogen) atoms. The number of nitrogens with one attached hydrogen (secondary N) is 1. The topological polar surface area (TPSA) is 55.1 Å². The van der Waals surface area contributed by atoms with Crippen molar-refractivity contribution in [3.05, 3.63) is 29.8 Å². The van der Waals surface area contributed by atoms with Crippen molar-refractivity contribution in [1.82, 2.24) is 0 Å². The van der Waals surface area contributed by atoms with Gasteiger partial charge in [0.2, 0.25) is 5.91 Å². The van der Waals surface area contributed by atoms with Gasteiger partial charge in [0.25, 0.3) is 0 Å². The summed E-state index contributed by atoms with van der Waals surface area (Å²) in [5.41, 5.74) is 4.02. The van der Waals surface area contributed by atoms with Crippen LogP contribution in [-0.4, -0.2) is 10.9 Å². The number of alkyl halides is 3. The van der Waals surface area contributed by atoms with Crippen LogP contribution in [0.3, 0.4) is 0 Å². The summed E-state index contributed by atoms with van der Waals surface area (Å²) in [5.74, 6) is -0.424. The Morgan fingerprint density at radius 1 is 1.29 bits per heavy atom. The zero-order chi connectivity index (χ0) is 15.7. The number of halogens is 3. The van der Waals surface area contributed by atoms with Gasteiger partial charge in [0.05, 0.1) is 16.0 Å². The van der Waals surface area contributed by atoms with Crippen molar-refractivity contribution in [2.75, 3.05) is 5.32 Å². The number of thiocarbonyl (C=S) groups is 1. The van der Waals surface area contributed by atoms with Crippen LogP contribution in [0.2, 0.25) is 0 Å². The average molecular weight is 316 g/mol. The van der Waals surface area contributed by atoms with E-state index in [4.69, 9.17) is 18.0 Å². The highest BCUT2D eigenvalue weighted by Gasteiger charge is 2.44. The molecule has 1 fully saturated rings. The Morgan fingerprint density at radius 2 is 1.90 bits per heavy atom. The second-order valence-electron chi connectivity index (χ2n) is 5.19. The summed E-state index contributed by atoms with van der Waals surface area (Å²) in [6.45, 7) is 0. The molecule has 0 radical (unpaired) electrons. The van der Waals surface area contributed by atoms with Gasteiger partial charge in [0.15, 0.2) is 0 Å². The van der Waals surface area contributed by atoms with Gasteiger partial charge < -0.3 is 11.1 Å². The second-order valence-corrected chi connectivity index (χ2v) is 5.63. The summed E-state index contributed by atoms with van der Waals surface area (Å²) in [4.78, 5) is 12.5. The van der Waals surface area contributed by atoms with E-state index in [1.165, 1.54) is 12.1 Å². The fourth-order valence-electron chi connectivity index (χ4n) is 2.59. The number of carbonyl (C=O) groups is 1. The van der Waals surface area contributed by atoms with Gasteiger partial charge in [-0.3, -0.25) is 4.79 Å². The van der Waals surface area contributed by atoms with Crippen LogP contribution in [0.15, 0.2) is 24.3 Å². The smallest absolute Gasteiger partial charge is 0.392 e. The molecule has 1 aromatic rings. The van der Waals surface area contributed by atoms with Gasteiger partial charge in [-0.25, -0.2) is 0 Å². The van der Waals surface area contributed by atoms with Gasteiger partial charge in [-0.05, 0) is 31.0 Å². The number of nitrogens with two attached hydrogens (primary N) is 1.